The van der Waals surface area contributed by atoms with E-state index >= 15 is 0 Å². The number of benzene rings is 1. The molecule has 1 saturated carbocycles. The highest BCUT2D eigenvalue weighted by atomic mass is 16.2. The molecule has 3 aromatic rings. The molecule has 7 nitrogen and oxygen atoms in total. The fraction of sp³-hybridized carbons (Fsp3) is 0.517. The Bertz CT molecular complexity index is 1220. The first-order chi connectivity index (χ1) is 17.6. The van der Waals surface area contributed by atoms with Gasteiger partial charge in [-0.2, -0.15) is 0 Å². The molecule has 7 heteroatoms. The summed E-state index contributed by atoms with van der Waals surface area (Å²) in [6.07, 6.45) is 11.5. The van der Waals surface area contributed by atoms with Crippen molar-refractivity contribution < 1.29 is 9.59 Å². The first-order valence-electron chi connectivity index (χ1n) is 13.5. The zero-order chi connectivity index (χ0) is 25.1. The number of rotatable bonds is 8. The maximum atomic E-state index is 14.1. The van der Waals surface area contributed by atoms with Crippen LogP contribution in [0.1, 0.15) is 69.9 Å². The van der Waals surface area contributed by atoms with Gasteiger partial charge in [-0.25, -0.2) is 9.97 Å². The van der Waals surface area contributed by atoms with Gasteiger partial charge in [-0.1, -0.05) is 31.4 Å². The number of nitrogens with one attached hydrogen (secondary N) is 1. The minimum Gasteiger partial charge on any atom is -0.335 e. The Kier molecular flexibility index (Phi) is 7.46. The van der Waals surface area contributed by atoms with Crippen molar-refractivity contribution in [3.05, 3.63) is 54.5 Å². The van der Waals surface area contributed by atoms with Gasteiger partial charge in [-0.15, -0.1) is 0 Å². The van der Waals surface area contributed by atoms with Gasteiger partial charge in [-0.05, 0) is 75.4 Å². The maximum Gasteiger partial charge on any atom is 0.226 e. The molecule has 1 aromatic carbocycles. The molecule has 5 rings (SSSR count). The number of likely N-dealkylation sites (N-methyl/N-ethyl adjacent to an activating group) is 1. The van der Waals surface area contributed by atoms with E-state index in [1.807, 2.05) is 54.3 Å². The predicted molar refractivity (Wildman–Crippen MR) is 141 cm³/mol. The van der Waals surface area contributed by atoms with E-state index in [0.29, 0.717) is 12.3 Å². The summed E-state index contributed by atoms with van der Waals surface area (Å²) in [5, 5.41) is 3.06. The highest BCUT2D eigenvalue weighted by Crippen LogP contribution is 2.39. The van der Waals surface area contributed by atoms with Crippen molar-refractivity contribution in [2.75, 3.05) is 13.6 Å². The van der Waals surface area contributed by atoms with Crippen LogP contribution in [0.5, 0.6) is 0 Å². The number of para-hydroxylation sites is 2. The zero-order valence-electron chi connectivity index (χ0n) is 21.4. The molecule has 1 N–H and O–H groups in total. The van der Waals surface area contributed by atoms with Crippen LogP contribution in [0.25, 0.3) is 16.9 Å². The van der Waals surface area contributed by atoms with Crippen LogP contribution in [0.3, 0.4) is 0 Å². The van der Waals surface area contributed by atoms with Crippen LogP contribution in [0, 0.1) is 11.8 Å². The third-order valence-electron chi connectivity index (χ3n) is 8.26. The Morgan fingerprint density at radius 2 is 1.86 bits per heavy atom. The van der Waals surface area contributed by atoms with Crippen molar-refractivity contribution in [3.8, 4) is 5.82 Å². The van der Waals surface area contributed by atoms with Crippen LogP contribution in [0.4, 0.5) is 0 Å². The maximum absolute atomic E-state index is 14.1. The minimum atomic E-state index is -0.231. The number of carbonyl (C=O) groups excluding carboxylic acids is 2. The number of fused-ring (bicyclic) bond motifs is 1. The van der Waals surface area contributed by atoms with Crippen molar-refractivity contribution in [3.63, 3.8) is 0 Å². The zero-order valence-corrected chi connectivity index (χ0v) is 21.4. The number of Topliss-reactive ketones (excluding diaryl/α,β-unsaturated/α-hetero) is 1. The summed E-state index contributed by atoms with van der Waals surface area (Å²) in [6.45, 7) is 2.63. The van der Waals surface area contributed by atoms with E-state index in [1.165, 1.54) is 6.42 Å². The Labute approximate surface area is 213 Å². The lowest BCUT2D eigenvalue weighted by Gasteiger charge is -2.35. The number of likely N-dealkylation sites (tertiary alicyclic amines) is 1. The third kappa shape index (κ3) is 4.94. The Balaban J connectivity index is 1.41. The standard InChI is InChI=1S/C29H37N5O2/c1-20(30-2)27(35)18-23(21-9-4-3-5-10-21)29(36)33-16-8-13-25(33)22-14-15-31-28(17-22)34-19-32-24-11-6-7-12-26(24)34/h6-7,11-12,14-15,17,19-21,23,25,30H,3-5,8-10,13,16,18H2,1-2H3. The Morgan fingerprint density at radius 1 is 1.06 bits per heavy atom. The molecule has 3 heterocycles. The van der Waals surface area contributed by atoms with Gasteiger partial charge in [0, 0.05) is 25.1 Å². The van der Waals surface area contributed by atoms with Crippen LogP contribution in [0.2, 0.25) is 0 Å². The lowest BCUT2D eigenvalue weighted by molar-refractivity contribution is -0.141. The molecule has 0 spiro atoms. The normalized spacial score (nSPS) is 20.5. The van der Waals surface area contributed by atoms with Crippen molar-refractivity contribution in [2.45, 2.75) is 70.4 Å². The molecule has 3 atom stereocenters. The smallest absolute Gasteiger partial charge is 0.226 e. The lowest BCUT2D eigenvalue weighted by Crippen LogP contribution is -2.42. The third-order valence-corrected chi connectivity index (χ3v) is 8.26. The average molecular weight is 488 g/mol. The van der Waals surface area contributed by atoms with Crippen molar-refractivity contribution in [1.29, 1.82) is 0 Å². The second-order valence-corrected chi connectivity index (χ2v) is 10.4. The van der Waals surface area contributed by atoms with Crippen LogP contribution >= 0.6 is 0 Å². The summed E-state index contributed by atoms with van der Waals surface area (Å²) >= 11 is 0. The van der Waals surface area contributed by atoms with Gasteiger partial charge in [0.05, 0.1) is 23.1 Å². The number of carbonyl (C=O) groups is 2. The lowest BCUT2D eigenvalue weighted by atomic mass is 9.76. The van der Waals surface area contributed by atoms with E-state index in [-0.39, 0.29) is 29.7 Å². The summed E-state index contributed by atoms with van der Waals surface area (Å²) < 4.78 is 2.00. The summed E-state index contributed by atoms with van der Waals surface area (Å²) in [5.74, 6) is 1.17. The van der Waals surface area contributed by atoms with E-state index < -0.39 is 0 Å². The molecule has 0 bridgehead atoms. The van der Waals surface area contributed by atoms with E-state index in [1.54, 1.807) is 7.05 Å². The predicted octanol–water partition coefficient (Wildman–Crippen LogP) is 4.85. The van der Waals surface area contributed by atoms with Gasteiger partial charge in [0.15, 0.2) is 0 Å². The fourth-order valence-electron chi connectivity index (χ4n) is 6.05. The van der Waals surface area contributed by atoms with Gasteiger partial charge < -0.3 is 10.2 Å². The number of hydrogen-bond acceptors (Lipinski definition) is 5. The summed E-state index contributed by atoms with van der Waals surface area (Å²) in [4.78, 5) is 38.2. The molecule has 0 radical (unpaired) electrons. The van der Waals surface area contributed by atoms with E-state index in [4.69, 9.17) is 0 Å². The number of pyridine rings is 1. The molecular formula is C29H37N5O2. The number of amides is 1. The van der Waals surface area contributed by atoms with E-state index in [9.17, 15) is 9.59 Å². The van der Waals surface area contributed by atoms with Crippen LogP contribution < -0.4 is 5.32 Å². The van der Waals surface area contributed by atoms with E-state index in [0.717, 1.165) is 67.5 Å². The van der Waals surface area contributed by atoms with Crippen molar-refractivity contribution in [2.24, 2.45) is 11.8 Å². The topological polar surface area (TPSA) is 80.1 Å². The average Bonchev–Trinajstić information content (AvgIpc) is 3.59. The second-order valence-electron chi connectivity index (χ2n) is 10.4. The molecule has 1 aliphatic carbocycles. The van der Waals surface area contributed by atoms with Crippen LogP contribution in [-0.4, -0.2) is 50.8 Å². The minimum absolute atomic E-state index is 0.0111. The highest BCUT2D eigenvalue weighted by Gasteiger charge is 2.39. The van der Waals surface area contributed by atoms with Gasteiger partial charge in [-0.3, -0.25) is 14.2 Å². The summed E-state index contributed by atoms with van der Waals surface area (Å²) in [5.41, 5.74) is 3.04. The molecule has 1 amide bonds. The summed E-state index contributed by atoms with van der Waals surface area (Å²) in [6, 6.07) is 11.9. The molecule has 2 aliphatic rings. The quantitative estimate of drug-likeness (QED) is 0.491. The SMILES string of the molecule is CNC(C)C(=O)CC(C(=O)N1CCCC1c1ccnc(-n2cnc3ccccc32)c1)C1CCCCC1. The number of aromatic nitrogens is 3. The molecule has 190 valence electrons. The van der Waals surface area contributed by atoms with E-state index in [2.05, 4.69) is 26.3 Å². The molecule has 1 aliphatic heterocycles. The second kappa shape index (κ2) is 10.9. The fourth-order valence-corrected chi connectivity index (χ4v) is 6.05. The van der Waals surface area contributed by atoms with Gasteiger partial charge in [0.1, 0.15) is 17.9 Å². The number of ketones is 1. The van der Waals surface area contributed by atoms with Crippen molar-refractivity contribution in [1.82, 2.24) is 24.8 Å². The number of nitrogens with zero attached hydrogens (tertiary/aromatic N) is 4. The monoisotopic (exact) mass is 487 g/mol. The van der Waals surface area contributed by atoms with Gasteiger partial charge in [0.2, 0.25) is 5.91 Å². The van der Waals surface area contributed by atoms with Crippen molar-refractivity contribution >= 4 is 22.7 Å². The molecule has 2 fully saturated rings. The Hall–Kier alpha value is -3.06. The Morgan fingerprint density at radius 3 is 2.67 bits per heavy atom. The van der Waals surface area contributed by atoms with Gasteiger partial charge in [0.25, 0.3) is 0 Å². The summed E-state index contributed by atoms with van der Waals surface area (Å²) in [7, 11) is 1.81. The molecule has 1 saturated heterocycles. The van der Waals surface area contributed by atoms with Crippen LogP contribution in [0.15, 0.2) is 48.9 Å². The first-order valence-corrected chi connectivity index (χ1v) is 13.5. The molecule has 2 aromatic heterocycles. The molecule has 3 unspecified atom stereocenters. The van der Waals surface area contributed by atoms with Gasteiger partial charge >= 0.3 is 0 Å². The van der Waals surface area contributed by atoms with Crippen LogP contribution in [-0.2, 0) is 9.59 Å². The number of hydrogen-bond donors (Lipinski definition) is 1. The first kappa shape index (κ1) is 24.6. The largest absolute Gasteiger partial charge is 0.335 e. The number of imidazole rings is 1. The highest BCUT2D eigenvalue weighted by molar-refractivity contribution is 5.90. The molecule has 36 heavy (non-hydrogen) atoms. The molecular weight excluding hydrogens is 450 g/mol.